The Morgan fingerprint density at radius 2 is 2.04 bits per heavy atom. The molecule has 0 saturated carbocycles. The van der Waals surface area contributed by atoms with E-state index in [1.807, 2.05) is 22.8 Å². The molecule has 0 aliphatic carbocycles. The van der Waals surface area contributed by atoms with Gasteiger partial charge in [0.2, 0.25) is 5.82 Å². The van der Waals surface area contributed by atoms with Crippen molar-refractivity contribution in [2.75, 3.05) is 0 Å². The third-order valence-corrected chi connectivity index (χ3v) is 4.35. The number of aryl methyl sites for hydroxylation is 1. The molecule has 1 aliphatic heterocycles. The first-order chi connectivity index (χ1) is 11.7. The van der Waals surface area contributed by atoms with Crippen molar-refractivity contribution < 1.29 is 4.79 Å². The summed E-state index contributed by atoms with van der Waals surface area (Å²) in [7, 11) is 0. The number of aromatic amines is 2. The Bertz CT molecular complexity index is 951. The zero-order valence-electron chi connectivity index (χ0n) is 13.1. The van der Waals surface area contributed by atoms with Crippen LogP contribution >= 0.6 is 0 Å². The fourth-order valence-corrected chi connectivity index (χ4v) is 3.10. The molecule has 8 nitrogen and oxygen atoms in total. The summed E-state index contributed by atoms with van der Waals surface area (Å²) in [6.45, 7) is 1.16. The number of hydrogen-bond donors (Lipinski definition) is 3. The van der Waals surface area contributed by atoms with Gasteiger partial charge < -0.3 is 19.9 Å². The molecular formula is C16H18N6O2. The van der Waals surface area contributed by atoms with Crippen LogP contribution in [-0.4, -0.2) is 30.6 Å². The van der Waals surface area contributed by atoms with Gasteiger partial charge in [-0.15, -0.1) is 10.2 Å². The number of amides is 1. The molecule has 3 N–H and O–H groups in total. The number of benzene rings is 1. The standard InChI is InChI=1S/C16H18N6O2/c23-15(14-21-20-13-4-2-1-3-7-22(13)14)17-9-10-5-6-11-12(8-10)19-16(24)18-11/h5-6,8H,1-4,7,9H2,(H,17,23)(H2,18,19,24). The Labute approximate surface area is 137 Å². The van der Waals surface area contributed by atoms with Gasteiger partial charge in [0.15, 0.2) is 0 Å². The van der Waals surface area contributed by atoms with Gasteiger partial charge in [-0.05, 0) is 30.5 Å². The van der Waals surface area contributed by atoms with Crippen LogP contribution in [0.25, 0.3) is 11.0 Å². The van der Waals surface area contributed by atoms with Crippen LogP contribution in [0.15, 0.2) is 23.0 Å². The monoisotopic (exact) mass is 326 g/mol. The summed E-state index contributed by atoms with van der Waals surface area (Å²) in [5, 5.41) is 11.1. The summed E-state index contributed by atoms with van der Waals surface area (Å²) >= 11 is 0. The zero-order chi connectivity index (χ0) is 16.5. The molecule has 0 radical (unpaired) electrons. The van der Waals surface area contributed by atoms with E-state index in [4.69, 9.17) is 0 Å². The highest BCUT2D eigenvalue weighted by Crippen LogP contribution is 2.15. The maximum atomic E-state index is 12.4. The van der Waals surface area contributed by atoms with Gasteiger partial charge in [-0.1, -0.05) is 12.5 Å². The van der Waals surface area contributed by atoms with Crippen LogP contribution in [0.1, 0.15) is 41.3 Å². The molecule has 1 amide bonds. The van der Waals surface area contributed by atoms with Gasteiger partial charge in [-0.2, -0.15) is 0 Å². The van der Waals surface area contributed by atoms with Crippen molar-refractivity contribution in [1.29, 1.82) is 0 Å². The maximum absolute atomic E-state index is 12.4. The van der Waals surface area contributed by atoms with Crippen LogP contribution in [0.3, 0.4) is 0 Å². The van der Waals surface area contributed by atoms with E-state index in [1.165, 1.54) is 0 Å². The first-order valence-corrected chi connectivity index (χ1v) is 8.12. The van der Waals surface area contributed by atoms with Gasteiger partial charge in [0, 0.05) is 19.5 Å². The van der Waals surface area contributed by atoms with Crippen molar-refractivity contribution in [1.82, 2.24) is 30.0 Å². The molecule has 3 aromatic rings. The highest BCUT2D eigenvalue weighted by molar-refractivity contribution is 5.90. The summed E-state index contributed by atoms with van der Waals surface area (Å²) in [5.41, 5.74) is 2.14. The summed E-state index contributed by atoms with van der Waals surface area (Å²) in [4.78, 5) is 29.1. The molecule has 124 valence electrons. The van der Waals surface area contributed by atoms with Gasteiger partial charge in [-0.3, -0.25) is 4.79 Å². The Hall–Kier alpha value is -2.90. The zero-order valence-corrected chi connectivity index (χ0v) is 13.1. The molecule has 1 aromatic carbocycles. The SMILES string of the molecule is O=C(NCc1ccc2[nH]c(=O)[nH]c2c1)c1nnc2n1CCCCC2. The van der Waals surface area contributed by atoms with Crippen LogP contribution < -0.4 is 11.0 Å². The van der Waals surface area contributed by atoms with Crippen LogP contribution in [0.2, 0.25) is 0 Å². The van der Waals surface area contributed by atoms with Crippen molar-refractivity contribution in [3.8, 4) is 0 Å². The van der Waals surface area contributed by atoms with Crippen LogP contribution in [0.5, 0.6) is 0 Å². The van der Waals surface area contributed by atoms with Gasteiger partial charge in [0.1, 0.15) is 5.82 Å². The number of nitrogens with one attached hydrogen (secondary N) is 3. The summed E-state index contributed by atoms with van der Waals surface area (Å²) in [6, 6.07) is 5.53. The number of H-pyrrole nitrogens is 2. The summed E-state index contributed by atoms with van der Waals surface area (Å²) in [5.74, 6) is 1.05. The number of hydrogen-bond acceptors (Lipinski definition) is 4. The molecule has 0 atom stereocenters. The van der Waals surface area contributed by atoms with E-state index in [9.17, 15) is 9.59 Å². The molecule has 8 heteroatoms. The van der Waals surface area contributed by atoms with E-state index >= 15 is 0 Å². The van der Waals surface area contributed by atoms with Gasteiger partial charge in [0.05, 0.1) is 11.0 Å². The van der Waals surface area contributed by atoms with E-state index in [1.54, 1.807) is 0 Å². The average molecular weight is 326 g/mol. The normalized spacial score (nSPS) is 14.3. The number of imidazole rings is 1. The van der Waals surface area contributed by atoms with Gasteiger partial charge >= 0.3 is 5.69 Å². The Morgan fingerprint density at radius 3 is 2.96 bits per heavy atom. The molecule has 24 heavy (non-hydrogen) atoms. The minimum atomic E-state index is -0.239. The first kappa shape index (κ1) is 14.7. The van der Waals surface area contributed by atoms with Crippen molar-refractivity contribution in [2.45, 2.75) is 38.8 Å². The fourth-order valence-electron chi connectivity index (χ4n) is 3.10. The minimum Gasteiger partial charge on any atom is -0.345 e. The molecule has 2 aromatic heterocycles. The first-order valence-electron chi connectivity index (χ1n) is 8.12. The van der Waals surface area contributed by atoms with Gasteiger partial charge in [-0.25, -0.2) is 4.79 Å². The van der Waals surface area contributed by atoms with Crippen molar-refractivity contribution >= 4 is 16.9 Å². The third kappa shape index (κ3) is 2.70. The third-order valence-electron chi connectivity index (χ3n) is 4.35. The Kier molecular flexibility index (Phi) is 3.64. The lowest BCUT2D eigenvalue weighted by molar-refractivity contribution is 0.0935. The molecule has 0 fully saturated rings. The van der Waals surface area contributed by atoms with Crippen molar-refractivity contribution in [3.05, 3.63) is 45.9 Å². The molecule has 3 heterocycles. The van der Waals surface area contributed by atoms with E-state index in [-0.39, 0.29) is 11.6 Å². The second-order valence-electron chi connectivity index (χ2n) is 6.04. The number of nitrogens with zero attached hydrogens (tertiary/aromatic N) is 3. The quantitative estimate of drug-likeness (QED) is 0.670. The molecule has 0 bridgehead atoms. The molecule has 1 aliphatic rings. The lowest BCUT2D eigenvalue weighted by Crippen LogP contribution is -2.26. The highest BCUT2D eigenvalue weighted by atomic mass is 16.2. The van der Waals surface area contributed by atoms with Crippen molar-refractivity contribution in [3.63, 3.8) is 0 Å². The highest BCUT2D eigenvalue weighted by Gasteiger charge is 2.19. The number of aromatic nitrogens is 5. The number of fused-ring (bicyclic) bond motifs is 2. The topological polar surface area (TPSA) is 108 Å². The number of carbonyl (C=O) groups is 1. The second-order valence-corrected chi connectivity index (χ2v) is 6.04. The van der Waals surface area contributed by atoms with Crippen LogP contribution in [-0.2, 0) is 19.5 Å². The Balaban J connectivity index is 1.49. The second kappa shape index (κ2) is 5.95. The molecule has 0 unspecified atom stereocenters. The predicted octanol–water partition coefficient (Wildman–Crippen LogP) is 1.10. The predicted molar refractivity (Wildman–Crippen MR) is 87.7 cm³/mol. The summed E-state index contributed by atoms with van der Waals surface area (Å²) in [6.07, 6.45) is 4.16. The van der Waals surface area contributed by atoms with Crippen LogP contribution in [0.4, 0.5) is 0 Å². The van der Waals surface area contributed by atoms with E-state index < -0.39 is 0 Å². The van der Waals surface area contributed by atoms with E-state index in [0.717, 1.165) is 54.6 Å². The fraction of sp³-hybridized carbons (Fsp3) is 0.375. The van der Waals surface area contributed by atoms with Crippen LogP contribution in [0, 0.1) is 0 Å². The number of rotatable bonds is 3. The lowest BCUT2D eigenvalue weighted by atomic mass is 10.2. The lowest BCUT2D eigenvalue weighted by Gasteiger charge is -2.08. The van der Waals surface area contributed by atoms with Gasteiger partial charge in [0.25, 0.3) is 5.91 Å². The molecule has 4 rings (SSSR count). The van der Waals surface area contributed by atoms with E-state index in [2.05, 4.69) is 25.5 Å². The molecular weight excluding hydrogens is 308 g/mol. The largest absolute Gasteiger partial charge is 0.345 e. The Morgan fingerprint density at radius 1 is 1.17 bits per heavy atom. The van der Waals surface area contributed by atoms with E-state index in [0.29, 0.717) is 12.4 Å². The average Bonchev–Trinajstić information content (AvgIpc) is 3.07. The maximum Gasteiger partial charge on any atom is 0.323 e. The molecule has 0 spiro atoms. The smallest absolute Gasteiger partial charge is 0.323 e. The summed E-state index contributed by atoms with van der Waals surface area (Å²) < 4.78 is 1.93. The number of carbonyl (C=O) groups excluding carboxylic acids is 1. The molecule has 0 saturated heterocycles. The van der Waals surface area contributed by atoms with Crippen molar-refractivity contribution in [2.24, 2.45) is 0 Å². The minimum absolute atomic E-state index is 0.224.